The Morgan fingerprint density at radius 3 is 1.65 bits per heavy atom. The van der Waals surface area contributed by atoms with E-state index in [-0.39, 0.29) is 6.42 Å². The monoisotopic (exact) mass is 353 g/mol. The molecule has 0 aliphatic carbocycles. The quantitative estimate of drug-likeness (QED) is 0.494. The summed E-state index contributed by atoms with van der Waals surface area (Å²) in [5.74, 6) is -13.6. The molecular formula is C13H12F9N. The van der Waals surface area contributed by atoms with Gasteiger partial charge in [0.25, 0.3) is 0 Å². The van der Waals surface area contributed by atoms with E-state index in [1.165, 1.54) is 13.0 Å². The van der Waals surface area contributed by atoms with E-state index in [1.54, 1.807) is 0 Å². The molecule has 1 aromatic rings. The summed E-state index contributed by atoms with van der Waals surface area (Å²) < 4.78 is 117. The third kappa shape index (κ3) is 3.20. The van der Waals surface area contributed by atoms with Crippen molar-refractivity contribution >= 4 is 5.69 Å². The van der Waals surface area contributed by atoms with E-state index in [1.807, 2.05) is 0 Å². The summed E-state index contributed by atoms with van der Waals surface area (Å²) >= 11 is 0. The van der Waals surface area contributed by atoms with Gasteiger partial charge in [-0.3, -0.25) is 0 Å². The minimum atomic E-state index is -6.90. The van der Waals surface area contributed by atoms with Gasteiger partial charge in [0.05, 0.1) is 0 Å². The first-order chi connectivity index (χ1) is 10.3. The maximum Gasteiger partial charge on any atom is 0.460 e. The van der Waals surface area contributed by atoms with Crippen LogP contribution in [0.1, 0.15) is 13.3 Å². The van der Waals surface area contributed by atoms with E-state index in [9.17, 15) is 39.5 Å². The van der Waals surface area contributed by atoms with Gasteiger partial charge < -0.3 is 4.90 Å². The number of anilines is 1. The van der Waals surface area contributed by atoms with Gasteiger partial charge in [0.1, 0.15) is 0 Å². The van der Waals surface area contributed by atoms with Gasteiger partial charge in [0.15, 0.2) is 0 Å². The minimum absolute atomic E-state index is 0.182. The van der Waals surface area contributed by atoms with Gasteiger partial charge >= 0.3 is 24.1 Å². The van der Waals surface area contributed by atoms with Gasteiger partial charge in [-0.05, 0) is 18.6 Å². The van der Waals surface area contributed by atoms with Crippen LogP contribution in [0.15, 0.2) is 30.3 Å². The van der Waals surface area contributed by atoms with Crippen molar-refractivity contribution in [3.8, 4) is 0 Å². The normalized spacial score (nSPS) is 14.0. The lowest BCUT2D eigenvalue weighted by Crippen LogP contribution is -2.66. The van der Waals surface area contributed by atoms with Crippen LogP contribution in [-0.2, 0) is 0 Å². The number of hydrogen-bond acceptors (Lipinski definition) is 1. The van der Waals surface area contributed by atoms with E-state index < -0.39 is 41.2 Å². The number of hydrogen-bond donors (Lipinski definition) is 0. The highest BCUT2D eigenvalue weighted by Gasteiger charge is 2.83. The Kier molecular flexibility index (Phi) is 5.17. The zero-order valence-corrected chi connectivity index (χ0v) is 11.6. The molecule has 1 nitrogen and oxygen atoms in total. The summed E-state index contributed by atoms with van der Waals surface area (Å²) in [7, 11) is 0. The summed E-state index contributed by atoms with van der Waals surface area (Å²) in [5.41, 5.74) is -0.600. The number of nitrogens with zero attached hydrogens (tertiary/aromatic N) is 1. The largest absolute Gasteiger partial charge is 0.460 e. The Bertz CT molecular complexity index is 510. The minimum Gasteiger partial charge on any atom is -0.308 e. The number of rotatable bonds is 6. The zero-order chi connectivity index (χ0) is 18.1. The highest BCUT2D eigenvalue weighted by atomic mass is 19.4. The molecule has 0 N–H and O–H groups in total. The number of halogens is 9. The Balaban J connectivity index is 3.39. The molecule has 0 aromatic heterocycles. The van der Waals surface area contributed by atoms with Crippen molar-refractivity contribution < 1.29 is 39.5 Å². The molecule has 0 fully saturated rings. The van der Waals surface area contributed by atoms with E-state index in [2.05, 4.69) is 0 Å². The molecular weight excluding hydrogens is 341 g/mol. The van der Waals surface area contributed by atoms with Crippen molar-refractivity contribution in [1.29, 1.82) is 0 Å². The van der Waals surface area contributed by atoms with Crippen molar-refractivity contribution in [2.45, 2.75) is 37.4 Å². The summed E-state index contributed by atoms with van der Waals surface area (Å²) in [5, 5.41) is 0. The van der Waals surface area contributed by atoms with Crippen LogP contribution in [0.25, 0.3) is 0 Å². The Labute approximate surface area is 125 Å². The fraction of sp³-hybridized carbons (Fsp3) is 0.538. The Morgan fingerprint density at radius 2 is 1.26 bits per heavy atom. The van der Waals surface area contributed by atoms with Gasteiger partial charge in [0.2, 0.25) is 0 Å². The molecule has 1 rings (SSSR count). The van der Waals surface area contributed by atoms with Crippen molar-refractivity contribution in [2.75, 3.05) is 11.4 Å². The molecule has 0 aliphatic heterocycles. The smallest absolute Gasteiger partial charge is 0.308 e. The van der Waals surface area contributed by atoms with Gasteiger partial charge in [-0.2, -0.15) is 39.5 Å². The number of benzene rings is 1. The average Bonchev–Trinajstić information content (AvgIpc) is 2.43. The van der Waals surface area contributed by atoms with Gasteiger partial charge in [-0.1, -0.05) is 25.1 Å². The van der Waals surface area contributed by atoms with Crippen LogP contribution >= 0.6 is 0 Å². The topological polar surface area (TPSA) is 3.24 Å². The summed E-state index contributed by atoms with van der Waals surface area (Å²) in [4.78, 5) is -0.452. The van der Waals surface area contributed by atoms with E-state index in [4.69, 9.17) is 0 Å². The number of para-hydroxylation sites is 1. The molecule has 0 saturated carbocycles. The molecule has 0 saturated heterocycles. The van der Waals surface area contributed by atoms with Crippen molar-refractivity contribution in [2.24, 2.45) is 0 Å². The maximum atomic E-state index is 14.0. The van der Waals surface area contributed by atoms with E-state index in [0.717, 1.165) is 24.3 Å². The summed E-state index contributed by atoms with van der Waals surface area (Å²) in [6.07, 6.45) is -7.01. The van der Waals surface area contributed by atoms with Crippen LogP contribution in [0.5, 0.6) is 0 Å². The van der Waals surface area contributed by atoms with Gasteiger partial charge in [-0.15, -0.1) is 0 Å². The second-order valence-corrected chi connectivity index (χ2v) is 4.67. The first kappa shape index (κ1) is 19.4. The molecule has 0 bridgehead atoms. The predicted molar refractivity (Wildman–Crippen MR) is 65.0 cm³/mol. The third-order valence-electron chi connectivity index (χ3n) is 2.98. The molecule has 0 radical (unpaired) electrons. The molecule has 0 heterocycles. The van der Waals surface area contributed by atoms with Gasteiger partial charge in [0, 0.05) is 12.2 Å². The first-order valence-corrected chi connectivity index (χ1v) is 6.33. The SMILES string of the molecule is CCCN(c1ccccc1)C(F)(F)C(F)(F)C(F)(F)C(F)(F)F. The third-order valence-corrected chi connectivity index (χ3v) is 2.98. The molecule has 0 unspecified atom stereocenters. The summed E-state index contributed by atoms with van der Waals surface area (Å²) in [6.45, 7) is 0.437. The fourth-order valence-corrected chi connectivity index (χ4v) is 1.80. The van der Waals surface area contributed by atoms with E-state index in [0.29, 0.717) is 0 Å². The highest BCUT2D eigenvalue weighted by molar-refractivity contribution is 5.48. The standard InChI is InChI=1S/C13H12F9N/c1-2-8-23(9-6-4-3-5-7-9)13(21,22)11(16,17)10(14,15)12(18,19)20/h3-7H,2,8H2,1H3. The van der Waals surface area contributed by atoms with Crippen LogP contribution in [0.2, 0.25) is 0 Å². The molecule has 0 aliphatic rings. The molecule has 1 aromatic carbocycles. The lowest BCUT2D eigenvalue weighted by molar-refractivity contribution is -0.395. The van der Waals surface area contributed by atoms with Gasteiger partial charge in [-0.25, -0.2) is 0 Å². The molecule has 0 amide bonds. The Morgan fingerprint density at radius 1 is 0.783 bits per heavy atom. The van der Waals surface area contributed by atoms with Crippen molar-refractivity contribution in [3.63, 3.8) is 0 Å². The molecule has 23 heavy (non-hydrogen) atoms. The molecule has 10 heteroatoms. The van der Waals surface area contributed by atoms with Crippen molar-refractivity contribution in [3.05, 3.63) is 30.3 Å². The van der Waals surface area contributed by atoms with Crippen LogP contribution in [0, 0.1) is 0 Å². The molecule has 0 atom stereocenters. The number of alkyl halides is 9. The first-order valence-electron chi connectivity index (χ1n) is 6.33. The zero-order valence-electron chi connectivity index (χ0n) is 11.6. The maximum absolute atomic E-state index is 14.0. The fourth-order valence-electron chi connectivity index (χ4n) is 1.80. The predicted octanol–water partition coefficient (Wildman–Crippen LogP) is 5.33. The van der Waals surface area contributed by atoms with E-state index >= 15 is 0 Å². The molecule has 0 spiro atoms. The van der Waals surface area contributed by atoms with Crippen LogP contribution in [0.3, 0.4) is 0 Å². The second kappa shape index (κ2) is 6.12. The Hall–Kier alpha value is -1.61. The summed E-state index contributed by atoms with van der Waals surface area (Å²) in [6, 6.07) is -0.281. The highest BCUT2D eigenvalue weighted by Crippen LogP contribution is 2.54. The lowest BCUT2D eigenvalue weighted by Gasteiger charge is -2.40. The van der Waals surface area contributed by atoms with Crippen molar-refractivity contribution in [1.82, 2.24) is 0 Å². The van der Waals surface area contributed by atoms with Crippen LogP contribution < -0.4 is 4.90 Å². The van der Waals surface area contributed by atoms with Crippen LogP contribution in [-0.4, -0.2) is 30.6 Å². The lowest BCUT2D eigenvalue weighted by atomic mass is 10.1. The average molecular weight is 353 g/mol. The second-order valence-electron chi connectivity index (χ2n) is 4.67. The van der Waals surface area contributed by atoms with Crippen LogP contribution in [0.4, 0.5) is 45.2 Å². The molecule has 132 valence electrons.